The lowest BCUT2D eigenvalue weighted by molar-refractivity contribution is -0.106. The average molecular weight is 337 g/mol. The Hall–Kier alpha value is -2.44. The van der Waals surface area contributed by atoms with E-state index in [1.807, 2.05) is 0 Å². The monoisotopic (exact) mass is 337 g/mol. The fraction of sp³-hybridized carbons (Fsp3) is 0.412. The van der Waals surface area contributed by atoms with Gasteiger partial charge in [-0.25, -0.2) is 8.78 Å². The third-order valence-corrected chi connectivity index (χ3v) is 4.43. The maximum absolute atomic E-state index is 13.4. The number of piperidine rings is 1. The quantitative estimate of drug-likeness (QED) is 0.827. The Morgan fingerprint density at radius 3 is 2.50 bits per heavy atom. The average Bonchev–Trinajstić information content (AvgIpc) is 2.98. The first-order valence-electron chi connectivity index (χ1n) is 7.92. The molecule has 1 aromatic carbocycles. The number of carbonyl (C=O) groups is 2. The topological polar surface area (TPSA) is 79.2 Å². The van der Waals surface area contributed by atoms with Crippen LogP contribution in [0.25, 0.3) is 10.9 Å². The molecule has 1 fully saturated rings. The number of hydrogen-bond donors (Lipinski definition) is 2. The fourth-order valence-electron chi connectivity index (χ4n) is 3.01. The van der Waals surface area contributed by atoms with Crippen molar-refractivity contribution >= 4 is 23.2 Å². The molecule has 2 amide bonds. The lowest BCUT2D eigenvalue weighted by Gasteiger charge is -2.31. The van der Waals surface area contributed by atoms with Crippen LogP contribution in [-0.4, -0.2) is 35.3 Å². The van der Waals surface area contributed by atoms with Gasteiger partial charge in [-0.2, -0.15) is 0 Å². The van der Waals surface area contributed by atoms with E-state index in [9.17, 15) is 13.6 Å². The Kier molecular flexibility index (Phi) is 5.89. The number of hydrogen-bond acceptors (Lipinski definition) is 2. The summed E-state index contributed by atoms with van der Waals surface area (Å²) in [5.74, 6) is -1.27. The van der Waals surface area contributed by atoms with Crippen LogP contribution in [0.1, 0.15) is 36.5 Å². The molecule has 0 spiro atoms. The van der Waals surface area contributed by atoms with Crippen LogP contribution in [0.15, 0.2) is 18.3 Å². The van der Waals surface area contributed by atoms with Crippen molar-refractivity contribution in [3.63, 3.8) is 0 Å². The molecule has 0 aliphatic carbocycles. The van der Waals surface area contributed by atoms with Crippen LogP contribution >= 0.6 is 0 Å². The van der Waals surface area contributed by atoms with Crippen molar-refractivity contribution in [2.24, 2.45) is 11.7 Å². The van der Waals surface area contributed by atoms with Gasteiger partial charge in [-0.15, -0.1) is 0 Å². The number of benzene rings is 1. The number of amides is 2. The van der Waals surface area contributed by atoms with Gasteiger partial charge in [0.05, 0.1) is 5.56 Å². The summed E-state index contributed by atoms with van der Waals surface area (Å²) in [5, 5.41) is 0.441. The van der Waals surface area contributed by atoms with Crippen molar-refractivity contribution in [2.75, 3.05) is 13.1 Å². The summed E-state index contributed by atoms with van der Waals surface area (Å²) in [6.07, 6.45) is 4.94. The van der Waals surface area contributed by atoms with Crippen LogP contribution in [0.4, 0.5) is 8.78 Å². The van der Waals surface area contributed by atoms with Crippen molar-refractivity contribution in [3.05, 3.63) is 35.5 Å². The highest BCUT2D eigenvalue weighted by molar-refractivity contribution is 6.06. The zero-order valence-corrected chi connectivity index (χ0v) is 13.5. The molecule has 0 atom stereocenters. The molecule has 1 saturated heterocycles. The number of primary amides is 1. The van der Waals surface area contributed by atoms with E-state index in [2.05, 4.69) is 17.6 Å². The number of aromatic amines is 1. The summed E-state index contributed by atoms with van der Waals surface area (Å²) in [6.45, 7) is 3.63. The zero-order valence-electron chi connectivity index (χ0n) is 13.5. The van der Waals surface area contributed by atoms with Crippen LogP contribution in [0.3, 0.4) is 0 Å². The van der Waals surface area contributed by atoms with E-state index in [1.165, 1.54) is 6.20 Å². The Morgan fingerprint density at radius 2 is 1.92 bits per heavy atom. The van der Waals surface area contributed by atoms with Crippen LogP contribution < -0.4 is 5.73 Å². The van der Waals surface area contributed by atoms with E-state index in [0.717, 1.165) is 44.5 Å². The van der Waals surface area contributed by atoms with Gasteiger partial charge in [-0.05, 0) is 24.8 Å². The largest absolute Gasteiger partial charge is 0.372 e. The molecule has 1 aliphatic heterocycles. The molecular weight excluding hydrogens is 316 g/mol. The third kappa shape index (κ3) is 3.72. The second-order valence-electron chi connectivity index (χ2n) is 5.79. The van der Waals surface area contributed by atoms with Gasteiger partial charge in [0.25, 0.3) is 5.91 Å². The summed E-state index contributed by atoms with van der Waals surface area (Å²) in [6, 6.07) is 2.18. The predicted molar refractivity (Wildman–Crippen MR) is 87.4 cm³/mol. The number of fused-ring (bicyclic) bond motifs is 1. The van der Waals surface area contributed by atoms with Crippen molar-refractivity contribution in [2.45, 2.75) is 26.2 Å². The number of nitrogens with zero attached hydrogens (tertiary/aromatic N) is 1. The summed E-state index contributed by atoms with van der Waals surface area (Å²) in [4.78, 5) is 25.8. The molecule has 3 rings (SSSR count). The predicted octanol–water partition coefficient (Wildman–Crippen LogP) is 2.81. The maximum atomic E-state index is 13.4. The summed E-state index contributed by atoms with van der Waals surface area (Å²) >= 11 is 0. The standard InChI is InChI=1S/C16H18F2N2O.CH3NO/c1-2-10-3-5-20(6-4-10)16(21)12-9-19-15-8-14(18)13(17)7-11(12)15;2-1-3/h7-10,19H,2-6H2,1H3;1H,(H2,2,3). The molecule has 2 heterocycles. The van der Waals surface area contributed by atoms with Crippen molar-refractivity contribution in [3.8, 4) is 0 Å². The molecule has 3 N–H and O–H groups in total. The molecule has 1 aliphatic rings. The number of halogens is 2. The minimum absolute atomic E-state index is 0.109. The highest BCUT2D eigenvalue weighted by Gasteiger charge is 2.24. The van der Waals surface area contributed by atoms with Crippen LogP contribution in [0.5, 0.6) is 0 Å². The Bertz CT molecular complexity index is 722. The van der Waals surface area contributed by atoms with Gasteiger partial charge in [0.1, 0.15) is 0 Å². The van der Waals surface area contributed by atoms with Crippen molar-refractivity contribution < 1.29 is 18.4 Å². The number of carbonyl (C=O) groups excluding carboxylic acids is 2. The van der Waals surface area contributed by atoms with Crippen LogP contribution in [-0.2, 0) is 4.79 Å². The lowest BCUT2D eigenvalue weighted by Crippen LogP contribution is -2.38. The Balaban J connectivity index is 0.000000647. The van der Waals surface area contributed by atoms with E-state index in [1.54, 1.807) is 4.90 Å². The van der Waals surface area contributed by atoms with E-state index in [4.69, 9.17) is 4.79 Å². The minimum atomic E-state index is -0.930. The van der Waals surface area contributed by atoms with Crippen LogP contribution in [0.2, 0.25) is 0 Å². The zero-order chi connectivity index (χ0) is 17.7. The number of aromatic nitrogens is 1. The van der Waals surface area contributed by atoms with Gasteiger partial charge in [-0.1, -0.05) is 13.3 Å². The van der Waals surface area contributed by atoms with Gasteiger partial charge in [0.15, 0.2) is 11.6 Å². The van der Waals surface area contributed by atoms with E-state index in [0.29, 0.717) is 22.4 Å². The molecule has 0 unspecified atom stereocenters. The molecule has 5 nitrogen and oxygen atoms in total. The first kappa shape index (κ1) is 17.9. The first-order valence-corrected chi connectivity index (χ1v) is 7.92. The lowest BCUT2D eigenvalue weighted by atomic mass is 9.94. The molecule has 130 valence electrons. The fourth-order valence-corrected chi connectivity index (χ4v) is 3.01. The van der Waals surface area contributed by atoms with Crippen molar-refractivity contribution in [1.29, 1.82) is 0 Å². The highest BCUT2D eigenvalue weighted by atomic mass is 19.2. The number of nitrogens with one attached hydrogen (secondary N) is 1. The van der Waals surface area contributed by atoms with Crippen molar-refractivity contribution in [1.82, 2.24) is 9.88 Å². The SMILES string of the molecule is CCC1CCN(C(=O)c2c[nH]c3cc(F)c(F)cc23)CC1.NC=O. The molecule has 0 bridgehead atoms. The summed E-state index contributed by atoms with van der Waals surface area (Å²) < 4.78 is 26.6. The second kappa shape index (κ2) is 7.90. The smallest absolute Gasteiger partial charge is 0.256 e. The Labute approximate surface area is 138 Å². The minimum Gasteiger partial charge on any atom is -0.372 e. The molecule has 1 aromatic heterocycles. The molecule has 0 radical (unpaired) electrons. The van der Waals surface area contributed by atoms with Gasteiger partial charge in [-0.3, -0.25) is 9.59 Å². The number of nitrogens with two attached hydrogens (primary N) is 1. The maximum Gasteiger partial charge on any atom is 0.256 e. The third-order valence-electron chi connectivity index (χ3n) is 4.43. The molecule has 7 heteroatoms. The van der Waals surface area contributed by atoms with Gasteiger partial charge in [0, 0.05) is 36.3 Å². The number of likely N-dealkylation sites (tertiary alicyclic amines) is 1. The molecular formula is C17H21F2N3O2. The number of H-pyrrole nitrogens is 1. The summed E-state index contributed by atoms with van der Waals surface area (Å²) in [7, 11) is 0. The second-order valence-corrected chi connectivity index (χ2v) is 5.79. The Morgan fingerprint density at radius 1 is 1.33 bits per heavy atom. The van der Waals surface area contributed by atoms with Gasteiger partial charge >= 0.3 is 0 Å². The van der Waals surface area contributed by atoms with Gasteiger partial charge < -0.3 is 15.6 Å². The van der Waals surface area contributed by atoms with Gasteiger partial charge in [0.2, 0.25) is 6.41 Å². The highest BCUT2D eigenvalue weighted by Crippen LogP contribution is 2.25. The first-order chi connectivity index (χ1) is 11.5. The van der Waals surface area contributed by atoms with E-state index >= 15 is 0 Å². The van der Waals surface area contributed by atoms with E-state index in [-0.39, 0.29) is 12.3 Å². The number of rotatable bonds is 2. The normalized spacial score (nSPS) is 15.0. The van der Waals surface area contributed by atoms with E-state index < -0.39 is 11.6 Å². The molecule has 0 saturated carbocycles. The molecule has 24 heavy (non-hydrogen) atoms. The molecule has 2 aromatic rings. The summed E-state index contributed by atoms with van der Waals surface area (Å²) in [5.41, 5.74) is 5.03. The van der Waals surface area contributed by atoms with Crippen LogP contribution in [0, 0.1) is 17.6 Å².